The summed E-state index contributed by atoms with van der Waals surface area (Å²) in [5.41, 5.74) is 7.20. The summed E-state index contributed by atoms with van der Waals surface area (Å²) in [5, 5.41) is 0. The lowest BCUT2D eigenvalue weighted by molar-refractivity contribution is 0.261. The van der Waals surface area contributed by atoms with Crippen LogP contribution in [0.25, 0.3) is 0 Å². The van der Waals surface area contributed by atoms with Crippen molar-refractivity contribution in [3.8, 4) is 5.75 Å². The average molecular weight is 236 g/mol. The molecule has 3 heteroatoms. The Labute approximate surface area is 105 Å². The van der Waals surface area contributed by atoms with Gasteiger partial charge in [-0.2, -0.15) is 0 Å². The lowest BCUT2D eigenvalue weighted by atomic mass is 10.0. The molecular formula is C14H24N2O. The Kier molecular flexibility index (Phi) is 6.01. The fourth-order valence-corrected chi connectivity index (χ4v) is 1.51. The van der Waals surface area contributed by atoms with Gasteiger partial charge < -0.3 is 15.4 Å². The van der Waals surface area contributed by atoms with Crippen molar-refractivity contribution in [3.63, 3.8) is 0 Å². The SMILES string of the molecule is CCC(N)Cc1ccc(OCCN(C)C)cc1. The van der Waals surface area contributed by atoms with Crippen LogP contribution in [-0.4, -0.2) is 38.2 Å². The first kappa shape index (κ1) is 14.0. The highest BCUT2D eigenvalue weighted by atomic mass is 16.5. The molecule has 0 aliphatic heterocycles. The van der Waals surface area contributed by atoms with Crippen molar-refractivity contribution >= 4 is 0 Å². The lowest BCUT2D eigenvalue weighted by Gasteiger charge is -2.12. The van der Waals surface area contributed by atoms with Gasteiger partial charge in [0, 0.05) is 12.6 Å². The van der Waals surface area contributed by atoms with E-state index < -0.39 is 0 Å². The second-order valence-corrected chi connectivity index (χ2v) is 4.67. The zero-order valence-electron chi connectivity index (χ0n) is 11.1. The number of nitrogens with zero attached hydrogens (tertiary/aromatic N) is 1. The molecule has 0 saturated heterocycles. The maximum atomic E-state index is 5.92. The molecule has 3 nitrogen and oxygen atoms in total. The second kappa shape index (κ2) is 7.30. The van der Waals surface area contributed by atoms with Gasteiger partial charge in [0.05, 0.1) is 0 Å². The van der Waals surface area contributed by atoms with Crippen LogP contribution in [0.5, 0.6) is 5.75 Å². The number of ether oxygens (including phenoxy) is 1. The number of benzene rings is 1. The van der Waals surface area contributed by atoms with Gasteiger partial charge in [-0.3, -0.25) is 0 Å². The highest BCUT2D eigenvalue weighted by Crippen LogP contribution is 2.13. The first-order chi connectivity index (χ1) is 8.11. The molecule has 0 spiro atoms. The summed E-state index contributed by atoms with van der Waals surface area (Å²) >= 11 is 0. The third-order valence-electron chi connectivity index (χ3n) is 2.75. The fourth-order valence-electron chi connectivity index (χ4n) is 1.51. The molecule has 0 aromatic heterocycles. The average Bonchev–Trinajstić information content (AvgIpc) is 2.31. The lowest BCUT2D eigenvalue weighted by Crippen LogP contribution is -2.21. The second-order valence-electron chi connectivity index (χ2n) is 4.67. The van der Waals surface area contributed by atoms with Gasteiger partial charge in [-0.1, -0.05) is 19.1 Å². The predicted molar refractivity (Wildman–Crippen MR) is 72.5 cm³/mol. The zero-order chi connectivity index (χ0) is 12.7. The maximum absolute atomic E-state index is 5.92. The van der Waals surface area contributed by atoms with Gasteiger partial charge in [-0.25, -0.2) is 0 Å². The molecular weight excluding hydrogens is 212 g/mol. The molecule has 0 aliphatic carbocycles. The number of hydrogen-bond acceptors (Lipinski definition) is 3. The minimum atomic E-state index is 0.260. The fraction of sp³-hybridized carbons (Fsp3) is 0.571. The van der Waals surface area contributed by atoms with E-state index in [-0.39, 0.29) is 6.04 Å². The molecule has 96 valence electrons. The Hall–Kier alpha value is -1.06. The van der Waals surface area contributed by atoms with Crippen LogP contribution in [-0.2, 0) is 6.42 Å². The summed E-state index contributed by atoms with van der Waals surface area (Å²) in [6, 6.07) is 8.50. The van der Waals surface area contributed by atoms with Crippen LogP contribution in [0, 0.1) is 0 Å². The van der Waals surface area contributed by atoms with E-state index in [1.807, 2.05) is 26.2 Å². The molecule has 0 saturated carbocycles. The molecule has 0 aliphatic rings. The normalized spacial score (nSPS) is 12.8. The van der Waals surface area contributed by atoms with E-state index in [9.17, 15) is 0 Å². The van der Waals surface area contributed by atoms with E-state index in [1.165, 1.54) is 5.56 Å². The van der Waals surface area contributed by atoms with Crippen molar-refractivity contribution in [1.29, 1.82) is 0 Å². The first-order valence-corrected chi connectivity index (χ1v) is 6.24. The number of rotatable bonds is 7. The topological polar surface area (TPSA) is 38.5 Å². The van der Waals surface area contributed by atoms with Gasteiger partial charge in [0.2, 0.25) is 0 Å². The molecule has 0 radical (unpaired) electrons. The molecule has 0 amide bonds. The molecule has 1 aromatic rings. The third kappa shape index (κ3) is 5.71. The third-order valence-corrected chi connectivity index (χ3v) is 2.75. The van der Waals surface area contributed by atoms with E-state index in [0.29, 0.717) is 0 Å². The number of likely N-dealkylation sites (N-methyl/N-ethyl adjacent to an activating group) is 1. The minimum absolute atomic E-state index is 0.260. The quantitative estimate of drug-likeness (QED) is 0.786. The van der Waals surface area contributed by atoms with E-state index in [1.54, 1.807) is 0 Å². The number of nitrogens with two attached hydrogens (primary N) is 1. The van der Waals surface area contributed by atoms with Crippen LogP contribution in [0.3, 0.4) is 0 Å². The van der Waals surface area contributed by atoms with E-state index in [2.05, 4.69) is 24.0 Å². The van der Waals surface area contributed by atoms with E-state index >= 15 is 0 Å². The predicted octanol–water partition coefficient (Wildman–Crippen LogP) is 1.91. The summed E-state index contributed by atoms with van der Waals surface area (Å²) in [5.74, 6) is 0.931. The van der Waals surface area contributed by atoms with Crippen LogP contribution in [0.15, 0.2) is 24.3 Å². The molecule has 0 fully saturated rings. The molecule has 1 atom stereocenters. The van der Waals surface area contributed by atoms with Gasteiger partial charge >= 0.3 is 0 Å². The van der Waals surface area contributed by atoms with Crippen molar-refractivity contribution in [2.45, 2.75) is 25.8 Å². The van der Waals surface area contributed by atoms with Crippen molar-refractivity contribution in [1.82, 2.24) is 4.90 Å². The minimum Gasteiger partial charge on any atom is -0.492 e. The van der Waals surface area contributed by atoms with Crippen LogP contribution in [0.1, 0.15) is 18.9 Å². The summed E-state index contributed by atoms with van der Waals surface area (Å²) in [6.45, 7) is 3.77. The summed E-state index contributed by atoms with van der Waals surface area (Å²) in [7, 11) is 4.08. The van der Waals surface area contributed by atoms with Crippen LogP contribution < -0.4 is 10.5 Å². The van der Waals surface area contributed by atoms with Crippen LogP contribution >= 0.6 is 0 Å². The molecule has 1 unspecified atom stereocenters. The van der Waals surface area contributed by atoms with Gasteiger partial charge in [0.25, 0.3) is 0 Å². The van der Waals surface area contributed by atoms with Crippen LogP contribution in [0.4, 0.5) is 0 Å². The van der Waals surface area contributed by atoms with Gasteiger partial charge in [0.1, 0.15) is 12.4 Å². The molecule has 0 heterocycles. The Balaban J connectivity index is 2.39. The first-order valence-electron chi connectivity index (χ1n) is 6.24. The molecule has 1 aromatic carbocycles. The van der Waals surface area contributed by atoms with Crippen LogP contribution in [0.2, 0.25) is 0 Å². The van der Waals surface area contributed by atoms with Gasteiger partial charge in [-0.15, -0.1) is 0 Å². The largest absolute Gasteiger partial charge is 0.492 e. The molecule has 2 N–H and O–H groups in total. The highest BCUT2D eigenvalue weighted by Gasteiger charge is 2.01. The van der Waals surface area contributed by atoms with Crippen molar-refractivity contribution < 1.29 is 4.74 Å². The smallest absolute Gasteiger partial charge is 0.119 e. The Morgan fingerprint density at radius 3 is 2.41 bits per heavy atom. The Bertz CT molecular complexity index is 309. The molecule has 1 rings (SSSR count). The van der Waals surface area contributed by atoms with Crippen molar-refractivity contribution in [2.24, 2.45) is 5.73 Å². The standard InChI is InChI=1S/C14H24N2O/c1-4-13(15)11-12-5-7-14(8-6-12)17-10-9-16(2)3/h5-8,13H,4,9-11,15H2,1-3H3. The summed E-state index contributed by atoms with van der Waals surface area (Å²) in [4.78, 5) is 2.11. The number of hydrogen-bond donors (Lipinski definition) is 1. The summed E-state index contributed by atoms with van der Waals surface area (Å²) < 4.78 is 5.63. The molecule has 0 bridgehead atoms. The Morgan fingerprint density at radius 1 is 1.24 bits per heavy atom. The molecule has 17 heavy (non-hydrogen) atoms. The Morgan fingerprint density at radius 2 is 1.88 bits per heavy atom. The summed E-state index contributed by atoms with van der Waals surface area (Å²) in [6.07, 6.45) is 1.95. The zero-order valence-corrected chi connectivity index (χ0v) is 11.1. The maximum Gasteiger partial charge on any atom is 0.119 e. The van der Waals surface area contributed by atoms with E-state index in [4.69, 9.17) is 10.5 Å². The van der Waals surface area contributed by atoms with Crippen molar-refractivity contribution in [2.75, 3.05) is 27.2 Å². The monoisotopic (exact) mass is 236 g/mol. The van der Waals surface area contributed by atoms with E-state index in [0.717, 1.165) is 31.7 Å². The van der Waals surface area contributed by atoms with Gasteiger partial charge in [-0.05, 0) is 44.6 Å². The van der Waals surface area contributed by atoms with Gasteiger partial charge in [0.15, 0.2) is 0 Å². The van der Waals surface area contributed by atoms with Crippen molar-refractivity contribution in [3.05, 3.63) is 29.8 Å². The highest BCUT2D eigenvalue weighted by molar-refractivity contribution is 5.27.